The average Bonchev–Trinajstić information content (AvgIpc) is 2.79. The Balaban J connectivity index is 2.62. The van der Waals surface area contributed by atoms with E-state index in [-0.39, 0.29) is 19.2 Å². The number of nitrogens with one attached hydrogen (secondary N) is 1. The molecule has 2 unspecified atom stereocenters. The highest BCUT2D eigenvalue weighted by molar-refractivity contribution is 5.77. The number of urea groups is 1. The summed E-state index contributed by atoms with van der Waals surface area (Å²) in [6.45, 7) is 3.02. The van der Waals surface area contributed by atoms with Crippen LogP contribution >= 0.6 is 0 Å². The quantitative estimate of drug-likeness (QED) is 0.540. The first-order valence-electron chi connectivity index (χ1n) is 5.90. The summed E-state index contributed by atoms with van der Waals surface area (Å²) >= 11 is 0. The molecule has 1 fully saturated rings. The predicted octanol–water partition coefficient (Wildman–Crippen LogP) is 0.141. The van der Waals surface area contributed by atoms with Crippen LogP contribution in [0.4, 0.5) is 4.79 Å². The van der Waals surface area contributed by atoms with Crippen molar-refractivity contribution in [1.29, 1.82) is 0 Å². The van der Waals surface area contributed by atoms with E-state index in [0.29, 0.717) is 19.5 Å². The second-order valence-electron chi connectivity index (χ2n) is 4.02. The Morgan fingerprint density at radius 1 is 1.56 bits per heavy atom. The molecule has 2 N–H and O–H groups in total. The molecule has 2 atom stereocenters. The molecule has 2 amide bonds. The zero-order valence-electron chi connectivity index (χ0n) is 10.4. The third kappa shape index (κ3) is 3.37. The Morgan fingerprint density at radius 3 is 2.83 bits per heavy atom. The van der Waals surface area contributed by atoms with Gasteiger partial charge in [-0.1, -0.05) is 0 Å². The minimum atomic E-state index is -0.938. The van der Waals surface area contributed by atoms with E-state index in [0.717, 1.165) is 0 Å². The maximum Gasteiger partial charge on any atom is 0.317 e. The molecule has 18 heavy (non-hydrogen) atoms. The number of hydrogen-bond acceptors (Lipinski definition) is 3. The molecule has 6 heteroatoms. The van der Waals surface area contributed by atoms with E-state index in [4.69, 9.17) is 16.3 Å². The van der Waals surface area contributed by atoms with E-state index in [1.807, 2.05) is 0 Å². The molecule has 0 spiro atoms. The lowest BCUT2D eigenvalue weighted by Gasteiger charge is -2.29. The number of hydrogen-bond donors (Lipinski definition) is 2. The Morgan fingerprint density at radius 2 is 2.28 bits per heavy atom. The van der Waals surface area contributed by atoms with E-state index in [2.05, 4.69) is 11.2 Å². The van der Waals surface area contributed by atoms with E-state index < -0.39 is 17.9 Å². The fraction of sp³-hybridized carbons (Fsp3) is 0.667. The lowest BCUT2D eigenvalue weighted by atomic mass is 10.0. The number of aliphatic carboxylic acids is 1. The van der Waals surface area contributed by atoms with Gasteiger partial charge in [-0.25, -0.2) is 4.79 Å². The SMILES string of the molecule is C#CCCNC(=O)N(CC)C1COCC1C(=O)O. The second kappa shape index (κ2) is 6.87. The number of amides is 2. The molecule has 1 heterocycles. The van der Waals surface area contributed by atoms with Crippen molar-refractivity contribution in [3.8, 4) is 12.3 Å². The zero-order valence-corrected chi connectivity index (χ0v) is 10.4. The molecular weight excluding hydrogens is 236 g/mol. The first kappa shape index (κ1) is 14.3. The van der Waals surface area contributed by atoms with Crippen LogP contribution in [0.2, 0.25) is 0 Å². The number of carboxylic acid groups (broad SMARTS) is 1. The van der Waals surface area contributed by atoms with Crippen molar-refractivity contribution in [2.45, 2.75) is 19.4 Å². The van der Waals surface area contributed by atoms with E-state index in [9.17, 15) is 9.59 Å². The lowest BCUT2D eigenvalue weighted by Crippen LogP contribution is -2.50. The van der Waals surface area contributed by atoms with Crippen LogP contribution in [0.1, 0.15) is 13.3 Å². The molecule has 1 aliphatic heterocycles. The standard InChI is InChI=1S/C12H18N2O4/c1-3-5-6-13-12(17)14(4-2)10-8-18-7-9(10)11(15)16/h1,9-10H,4-8H2,2H3,(H,13,17)(H,15,16). The second-order valence-corrected chi connectivity index (χ2v) is 4.02. The number of likely N-dealkylation sites (N-methyl/N-ethyl adjacent to an activating group) is 1. The van der Waals surface area contributed by atoms with Gasteiger partial charge in [0, 0.05) is 19.5 Å². The van der Waals surface area contributed by atoms with E-state index in [1.165, 1.54) is 4.90 Å². The topological polar surface area (TPSA) is 78.9 Å². The maximum absolute atomic E-state index is 11.9. The molecule has 0 radical (unpaired) electrons. The molecule has 100 valence electrons. The molecule has 1 aliphatic rings. The molecular formula is C12H18N2O4. The summed E-state index contributed by atoms with van der Waals surface area (Å²) in [6.07, 6.45) is 5.55. The predicted molar refractivity (Wildman–Crippen MR) is 65.0 cm³/mol. The van der Waals surface area contributed by atoms with Gasteiger partial charge >= 0.3 is 12.0 Å². The van der Waals surface area contributed by atoms with Gasteiger partial charge in [0.15, 0.2) is 0 Å². The first-order chi connectivity index (χ1) is 8.61. The van der Waals surface area contributed by atoms with E-state index >= 15 is 0 Å². The number of carbonyl (C=O) groups is 2. The Labute approximate surface area is 106 Å². The van der Waals surface area contributed by atoms with Gasteiger partial charge in [0.1, 0.15) is 5.92 Å². The summed E-state index contributed by atoms with van der Waals surface area (Å²) in [6, 6.07) is -0.715. The summed E-state index contributed by atoms with van der Waals surface area (Å²) in [5, 5.41) is 11.7. The fourth-order valence-electron chi connectivity index (χ4n) is 1.96. The number of rotatable bonds is 5. The number of terminal acetylenes is 1. The minimum absolute atomic E-state index is 0.147. The van der Waals surface area contributed by atoms with Crippen molar-refractivity contribution in [2.75, 3.05) is 26.3 Å². The van der Waals surface area contributed by atoms with Gasteiger partial charge in [0.2, 0.25) is 0 Å². The van der Waals surface area contributed by atoms with Crippen molar-refractivity contribution in [3.05, 3.63) is 0 Å². The van der Waals surface area contributed by atoms with Gasteiger partial charge in [0.05, 0.1) is 19.3 Å². The molecule has 0 saturated carbocycles. The Kier molecular flexibility index (Phi) is 5.46. The minimum Gasteiger partial charge on any atom is -0.481 e. The van der Waals surface area contributed by atoms with Crippen LogP contribution in [0.3, 0.4) is 0 Å². The molecule has 0 aromatic carbocycles. The number of nitrogens with zero attached hydrogens (tertiary/aromatic N) is 1. The van der Waals surface area contributed by atoms with Crippen LogP contribution in [-0.2, 0) is 9.53 Å². The Hall–Kier alpha value is -1.74. The van der Waals surface area contributed by atoms with Crippen LogP contribution in [0.5, 0.6) is 0 Å². The summed E-state index contributed by atoms with van der Waals surface area (Å²) in [4.78, 5) is 24.4. The van der Waals surface area contributed by atoms with Crippen molar-refractivity contribution in [2.24, 2.45) is 5.92 Å². The summed E-state index contributed by atoms with van der Waals surface area (Å²) < 4.78 is 5.15. The van der Waals surface area contributed by atoms with Crippen LogP contribution in [0, 0.1) is 18.3 Å². The highest BCUT2D eigenvalue weighted by atomic mass is 16.5. The highest BCUT2D eigenvalue weighted by Crippen LogP contribution is 2.20. The van der Waals surface area contributed by atoms with Crippen molar-refractivity contribution >= 4 is 12.0 Å². The van der Waals surface area contributed by atoms with Crippen LogP contribution in [-0.4, -0.2) is 54.4 Å². The number of carboxylic acids is 1. The highest BCUT2D eigenvalue weighted by Gasteiger charge is 2.39. The van der Waals surface area contributed by atoms with Crippen LogP contribution < -0.4 is 5.32 Å². The summed E-state index contributed by atoms with van der Waals surface area (Å²) in [5.74, 6) is 0.823. The first-order valence-corrected chi connectivity index (χ1v) is 5.90. The van der Waals surface area contributed by atoms with Gasteiger partial charge in [-0.05, 0) is 6.92 Å². The largest absolute Gasteiger partial charge is 0.481 e. The van der Waals surface area contributed by atoms with Gasteiger partial charge in [-0.3, -0.25) is 4.79 Å². The van der Waals surface area contributed by atoms with Crippen molar-refractivity contribution in [3.63, 3.8) is 0 Å². The van der Waals surface area contributed by atoms with Gasteiger partial charge in [0.25, 0.3) is 0 Å². The van der Waals surface area contributed by atoms with Gasteiger partial charge in [-0.2, -0.15) is 0 Å². The van der Waals surface area contributed by atoms with Crippen LogP contribution in [0.15, 0.2) is 0 Å². The van der Waals surface area contributed by atoms with Crippen LogP contribution in [0.25, 0.3) is 0 Å². The van der Waals surface area contributed by atoms with Gasteiger partial charge < -0.3 is 20.1 Å². The summed E-state index contributed by atoms with van der Waals surface area (Å²) in [7, 11) is 0. The molecule has 1 saturated heterocycles. The molecule has 6 nitrogen and oxygen atoms in total. The number of ether oxygens (including phenoxy) is 1. The molecule has 0 bridgehead atoms. The smallest absolute Gasteiger partial charge is 0.317 e. The van der Waals surface area contributed by atoms with Gasteiger partial charge in [-0.15, -0.1) is 12.3 Å². The third-order valence-corrected chi connectivity index (χ3v) is 2.92. The number of carbonyl (C=O) groups excluding carboxylic acids is 1. The normalized spacial score (nSPS) is 22.2. The maximum atomic E-state index is 11.9. The molecule has 0 aromatic rings. The lowest BCUT2D eigenvalue weighted by molar-refractivity contribution is -0.142. The monoisotopic (exact) mass is 254 g/mol. The Bertz CT molecular complexity index is 350. The fourth-order valence-corrected chi connectivity index (χ4v) is 1.96. The zero-order chi connectivity index (χ0) is 13.5. The molecule has 1 rings (SSSR count). The molecule has 0 aliphatic carbocycles. The average molecular weight is 254 g/mol. The van der Waals surface area contributed by atoms with E-state index in [1.54, 1.807) is 6.92 Å². The summed E-state index contributed by atoms with van der Waals surface area (Å²) in [5.41, 5.74) is 0. The molecule has 0 aromatic heterocycles. The van der Waals surface area contributed by atoms with Crippen molar-refractivity contribution in [1.82, 2.24) is 10.2 Å². The third-order valence-electron chi connectivity index (χ3n) is 2.92. The van der Waals surface area contributed by atoms with Crippen molar-refractivity contribution < 1.29 is 19.4 Å².